The predicted octanol–water partition coefficient (Wildman–Crippen LogP) is 2.68. The summed E-state index contributed by atoms with van der Waals surface area (Å²) in [4.78, 5) is 28.3. The van der Waals surface area contributed by atoms with Crippen molar-refractivity contribution in [2.24, 2.45) is 0 Å². The number of benzene rings is 1. The summed E-state index contributed by atoms with van der Waals surface area (Å²) in [6.45, 7) is 7.18. The Balaban J connectivity index is 1.33. The number of rotatable bonds is 5. The van der Waals surface area contributed by atoms with Gasteiger partial charge in [-0.1, -0.05) is 12.1 Å². The van der Waals surface area contributed by atoms with Crippen molar-refractivity contribution >= 4 is 17.5 Å². The maximum atomic E-state index is 12.8. The molecule has 2 aromatic rings. The van der Waals surface area contributed by atoms with Crippen LogP contribution < -0.4 is 14.5 Å². The summed E-state index contributed by atoms with van der Waals surface area (Å²) >= 11 is 0. The summed E-state index contributed by atoms with van der Waals surface area (Å²) in [5, 5.41) is 0. The Kier molecular flexibility index (Phi) is 6.35. The Hall–Kier alpha value is -2.83. The molecule has 0 bridgehead atoms. The van der Waals surface area contributed by atoms with E-state index in [1.54, 1.807) is 13.4 Å². The van der Waals surface area contributed by atoms with Crippen LogP contribution in [-0.2, 0) is 11.2 Å². The number of nitrogens with zero attached hydrogens (tertiary/aromatic N) is 5. The normalized spacial score (nSPS) is 17.2. The summed E-state index contributed by atoms with van der Waals surface area (Å²) in [7, 11) is 1.67. The molecule has 0 N–H and O–H groups in total. The molecule has 1 amide bonds. The Morgan fingerprint density at radius 1 is 0.933 bits per heavy atom. The molecule has 0 unspecified atom stereocenters. The van der Waals surface area contributed by atoms with Crippen LogP contribution in [0.1, 0.15) is 30.4 Å². The van der Waals surface area contributed by atoms with Gasteiger partial charge in [-0.15, -0.1) is 0 Å². The number of piperazine rings is 1. The lowest BCUT2D eigenvalue weighted by Crippen LogP contribution is -2.49. The van der Waals surface area contributed by atoms with Crippen molar-refractivity contribution < 1.29 is 9.53 Å². The molecule has 2 aliphatic heterocycles. The monoisotopic (exact) mass is 409 g/mol. The summed E-state index contributed by atoms with van der Waals surface area (Å²) in [5.41, 5.74) is 2.09. The van der Waals surface area contributed by atoms with E-state index in [0.717, 1.165) is 67.8 Å². The second-order valence-corrected chi connectivity index (χ2v) is 8.13. The van der Waals surface area contributed by atoms with Gasteiger partial charge in [0.1, 0.15) is 23.7 Å². The van der Waals surface area contributed by atoms with Gasteiger partial charge < -0.3 is 19.4 Å². The maximum Gasteiger partial charge on any atom is 0.227 e. The third-order valence-electron chi connectivity index (χ3n) is 6.09. The second-order valence-electron chi connectivity index (χ2n) is 8.13. The molecule has 7 heteroatoms. The third kappa shape index (κ3) is 4.66. The molecule has 0 radical (unpaired) electrons. The largest absolute Gasteiger partial charge is 0.496 e. The van der Waals surface area contributed by atoms with Crippen LogP contribution in [0.25, 0.3) is 0 Å². The van der Waals surface area contributed by atoms with Gasteiger partial charge in [-0.25, -0.2) is 9.97 Å². The lowest BCUT2D eigenvalue weighted by molar-refractivity contribution is -0.130. The topological polar surface area (TPSA) is 61.8 Å². The van der Waals surface area contributed by atoms with Gasteiger partial charge in [0.25, 0.3) is 0 Å². The molecule has 30 heavy (non-hydrogen) atoms. The van der Waals surface area contributed by atoms with E-state index in [1.165, 1.54) is 19.3 Å². The first-order valence-electron chi connectivity index (χ1n) is 10.9. The molecule has 2 aliphatic rings. The number of carbonyl (C=O) groups is 1. The van der Waals surface area contributed by atoms with E-state index < -0.39 is 0 Å². The zero-order valence-corrected chi connectivity index (χ0v) is 18.0. The van der Waals surface area contributed by atoms with Gasteiger partial charge in [0.15, 0.2) is 0 Å². The first-order valence-corrected chi connectivity index (χ1v) is 10.9. The fourth-order valence-electron chi connectivity index (χ4n) is 4.33. The zero-order valence-electron chi connectivity index (χ0n) is 18.0. The van der Waals surface area contributed by atoms with Crippen molar-refractivity contribution in [2.75, 3.05) is 56.2 Å². The van der Waals surface area contributed by atoms with E-state index in [-0.39, 0.29) is 5.91 Å². The number of ether oxygens (including phenoxy) is 1. The number of piperidine rings is 1. The number of aryl methyl sites for hydroxylation is 1. The van der Waals surface area contributed by atoms with Crippen LogP contribution >= 0.6 is 0 Å². The molecule has 1 aromatic carbocycles. The maximum absolute atomic E-state index is 12.8. The second kappa shape index (κ2) is 9.32. The van der Waals surface area contributed by atoms with Crippen LogP contribution in [-0.4, -0.2) is 67.2 Å². The van der Waals surface area contributed by atoms with Gasteiger partial charge in [0, 0.05) is 45.3 Å². The van der Waals surface area contributed by atoms with Gasteiger partial charge in [0.2, 0.25) is 5.91 Å². The molecular formula is C23H31N5O2. The molecule has 0 spiro atoms. The molecule has 2 fully saturated rings. The summed E-state index contributed by atoms with van der Waals surface area (Å²) in [6.07, 6.45) is 5.86. The van der Waals surface area contributed by atoms with Crippen LogP contribution in [0.3, 0.4) is 0 Å². The highest BCUT2D eigenvalue weighted by atomic mass is 16.5. The summed E-state index contributed by atoms with van der Waals surface area (Å²) < 4.78 is 5.31. The fourth-order valence-corrected chi connectivity index (χ4v) is 4.33. The van der Waals surface area contributed by atoms with E-state index in [9.17, 15) is 4.79 Å². The number of hydrogen-bond acceptors (Lipinski definition) is 6. The SMILES string of the molecule is COc1ccc(CC(=O)N2CCN(c3cc(N4CCCCC4)ncn3)CC2)cc1C. The van der Waals surface area contributed by atoms with Crippen LogP contribution in [0.2, 0.25) is 0 Å². The number of aromatic nitrogens is 2. The van der Waals surface area contributed by atoms with E-state index in [2.05, 4.69) is 25.8 Å². The van der Waals surface area contributed by atoms with E-state index in [4.69, 9.17) is 4.74 Å². The lowest BCUT2D eigenvalue weighted by atomic mass is 10.1. The Labute approximate surface area is 178 Å². The molecule has 0 aliphatic carbocycles. The molecule has 160 valence electrons. The molecular weight excluding hydrogens is 378 g/mol. The minimum atomic E-state index is 0.177. The van der Waals surface area contributed by atoms with Crippen LogP contribution in [0.15, 0.2) is 30.6 Å². The zero-order chi connectivity index (χ0) is 20.9. The average Bonchev–Trinajstić information content (AvgIpc) is 2.80. The Morgan fingerprint density at radius 2 is 1.60 bits per heavy atom. The number of methoxy groups -OCH3 is 1. The van der Waals surface area contributed by atoms with Gasteiger partial charge in [-0.05, 0) is 43.4 Å². The van der Waals surface area contributed by atoms with Crippen molar-refractivity contribution in [3.05, 3.63) is 41.7 Å². The predicted molar refractivity (Wildman–Crippen MR) is 118 cm³/mol. The number of anilines is 2. The third-order valence-corrected chi connectivity index (χ3v) is 6.09. The number of carbonyl (C=O) groups excluding carboxylic acids is 1. The van der Waals surface area contributed by atoms with Gasteiger partial charge in [-0.3, -0.25) is 4.79 Å². The highest BCUT2D eigenvalue weighted by molar-refractivity contribution is 5.79. The summed E-state index contributed by atoms with van der Waals surface area (Å²) in [5.74, 6) is 3.01. The number of amides is 1. The van der Waals surface area contributed by atoms with E-state index in [1.807, 2.05) is 30.0 Å². The van der Waals surface area contributed by atoms with Crippen molar-refractivity contribution in [3.8, 4) is 5.75 Å². The first-order chi connectivity index (χ1) is 14.6. The lowest BCUT2D eigenvalue weighted by Gasteiger charge is -2.36. The molecule has 0 atom stereocenters. The number of hydrogen-bond donors (Lipinski definition) is 0. The smallest absolute Gasteiger partial charge is 0.227 e. The van der Waals surface area contributed by atoms with Gasteiger partial charge in [0.05, 0.1) is 13.5 Å². The summed E-state index contributed by atoms with van der Waals surface area (Å²) in [6, 6.07) is 8.05. The first kappa shape index (κ1) is 20.4. The Bertz CT molecular complexity index is 874. The fraction of sp³-hybridized carbons (Fsp3) is 0.522. The molecule has 2 saturated heterocycles. The Morgan fingerprint density at radius 3 is 2.23 bits per heavy atom. The van der Waals surface area contributed by atoms with E-state index >= 15 is 0 Å². The quantitative estimate of drug-likeness (QED) is 0.757. The van der Waals surface area contributed by atoms with Crippen molar-refractivity contribution in [2.45, 2.75) is 32.6 Å². The molecule has 0 saturated carbocycles. The molecule has 3 heterocycles. The average molecular weight is 410 g/mol. The standard InChI is InChI=1S/C23H31N5O2/c1-18-14-19(6-7-20(18)30-2)15-23(29)28-12-10-27(11-13-28)22-16-21(24-17-25-22)26-8-4-3-5-9-26/h6-7,14,16-17H,3-5,8-13,15H2,1-2H3. The molecule has 1 aromatic heterocycles. The highest BCUT2D eigenvalue weighted by Gasteiger charge is 2.23. The minimum absolute atomic E-state index is 0.177. The van der Waals surface area contributed by atoms with Crippen molar-refractivity contribution in [1.29, 1.82) is 0 Å². The molecule has 4 rings (SSSR count). The van der Waals surface area contributed by atoms with Gasteiger partial charge in [-0.2, -0.15) is 0 Å². The van der Waals surface area contributed by atoms with Crippen LogP contribution in [0, 0.1) is 6.92 Å². The van der Waals surface area contributed by atoms with Gasteiger partial charge >= 0.3 is 0 Å². The molecule has 7 nitrogen and oxygen atoms in total. The van der Waals surface area contributed by atoms with Crippen LogP contribution in [0.5, 0.6) is 5.75 Å². The van der Waals surface area contributed by atoms with Crippen molar-refractivity contribution in [3.63, 3.8) is 0 Å². The van der Waals surface area contributed by atoms with Crippen LogP contribution in [0.4, 0.5) is 11.6 Å². The highest BCUT2D eigenvalue weighted by Crippen LogP contribution is 2.23. The van der Waals surface area contributed by atoms with E-state index in [0.29, 0.717) is 6.42 Å². The van der Waals surface area contributed by atoms with Crippen molar-refractivity contribution in [1.82, 2.24) is 14.9 Å². The minimum Gasteiger partial charge on any atom is -0.496 e.